The summed E-state index contributed by atoms with van der Waals surface area (Å²) in [6, 6.07) is 2.48. The number of carboxylic acids is 1. The minimum Gasteiger partial charge on any atom is -0.480 e. The highest BCUT2D eigenvalue weighted by Gasteiger charge is 2.16. The van der Waals surface area contributed by atoms with Crippen molar-refractivity contribution < 1.29 is 19.1 Å². The monoisotopic (exact) mass is 321 g/mol. The van der Waals surface area contributed by atoms with E-state index in [1.807, 2.05) is 0 Å². The van der Waals surface area contributed by atoms with Crippen molar-refractivity contribution in [1.82, 2.24) is 20.1 Å². The summed E-state index contributed by atoms with van der Waals surface area (Å²) in [7, 11) is 0. The van der Waals surface area contributed by atoms with Gasteiger partial charge in [0, 0.05) is 12.1 Å². The third kappa shape index (κ3) is 3.89. The molecule has 0 radical (unpaired) electrons. The van der Waals surface area contributed by atoms with Gasteiger partial charge in [0.1, 0.15) is 23.5 Å². The standard InChI is InChI=1S/C14H16FN5O3/c1-7-18-8(2)20(19-7)11-4-9(3-10(15)5-11)13(21)17-6-12(16)14(22)23/h3-5,12H,6,16H2,1-2H3,(H,17,21)(H,22,23)/t12-/m1/s1. The van der Waals surface area contributed by atoms with Crippen LogP contribution in [0.5, 0.6) is 0 Å². The fraction of sp³-hybridized carbons (Fsp3) is 0.286. The number of amides is 1. The fourth-order valence-corrected chi connectivity index (χ4v) is 1.99. The van der Waals surface area contributed by atoms with Crippen LogP contribution in [0.15, 0.2) is 18.2 Å². The Kier molecular flexibility index (Phi) is 4.70. The van der Waals surface area contributed by atoms with E-state index in [-0.39, 0.29) is 12.1 Å². The normalized spacial score (nSPS) is 12.0. The molecule has 0 saturated heterocycles. The lowest BCUT2D eigenvalue weighted by Crippen LogP contribution is -2.42. The minimum absolute atomic E-state index is 0.0325. The molecule has 0 aliphatic carbocycles. The lowest BCUT2D eigenvalue weighted by atomic mass is 10.1. The molecule has 1 heterocycles. The van der Waals surface area contributed by atoms with Crippen LogP contribution < -0.4 is 11.1 Å². The van der Waals surface area contributed by atoms with E-state index in [1.54, 1.807) is 13.8 Å². The Morgan fingerprint density at radius 2 is 2.09 bits per heavy atom. The lowest BCUT2D eigenvalue weighted by molar-refractivity contribution is -0.138. The molecule has 2 aromatic rings. The number of aryl methyl sites for hydroxylation is 2. The molecular weight excluding hydrogens is 305 g/mol. The highest BCUT2D eigenvalue weighted by atomic mass is 19.1. The number of benzene rings is 1. The molecule has 9 heteroatoms. The van der Waals surface area contributed by atoms with Crippen molar-refractivity contribution in [2.24, 2.45) is 5.73 Å². The number of carboxylic acid groups (broad SMARTS) is 1. The number of halogens is 1. The first-order chi connectivity index (χ1) is 10.8. The van der Waals surface area contributed by atoms with Gasteiger partial charge in [-0.15, -0.1) is 0 Å². The SMILES string of the molecule is Cc1nc(C)n(-c2cc(F)cc(C(=O)NC[C@@H](N)C(=O)O)c2)n1. The first-order valence-corrected chi connectivity index (χ1v) is 6.75. The molecular formula is C14H16FN5O3. The summed E-state index contributed by atoms with van der Waals surface area (Å²) in [6.07, 6.45) is 0. The maximum atomic E-state index is 13.8. The molecule has 1 aromatic carbocycles. The molecule has 122 valence electrons. The molecule has 4 N–H and O–H groups in total. The van der Waals surface area contributed by atoms with Crippen molar-refractivity contribution in [1.29, 1.82) is 0 Å². The van der Waals surface area contributed by atoms with Crippen LogP contribution in [-0.2, 0) is 4.79 Å². The van der Waals surface area contributed by atoms with Gasteiger partial charge in [0.05, 0.1) is 5.69 Å². The van der Waals surface area contributed by atoms with Crippen LogP contribution in [0.4, 0.5) is 4.39 Å². The van der Waals surface area contributed by atoms with E-state index in [9.17, 15) is 14.0 Å². The molecule has 1 atom stereocenters. The number of carbonyl (C=O) groups excluding carboxylic acids is 1. The van der Waals surface area contributed by atoms with Crippen molar-refractivity contribution in [3.05, 3.63) is 41.2 Å². The molecule has 0 aliphatic rings. The number of nitrogens with two attached hydrogens (primary N) is 1. The topological polar surface area (TPSA) is 123 Å². The third-order valence-corrected chi connectivity index (χ3v) is 3.06. The number of nitrogens with one attached hydrogen (secondary N) is 1. The third-order valence-electron chi connectivity index (χ3n) is 3.06. The molecule has 0 saturated carbocycles. The predicted molar refractivity (Wildman–Crippen MR) is 78.7 cm³/mol. The second kappa shape index (κ2) is 6.53. The molecule has 0 unspecified atom stereocenters. The van der Waals surface area contributed by atoms with E-state index < -0.39 is 23.7 Å². The summed E-state index contributed by atoms with van der Waals surface area (Å²) < 4.78 is 15.2. The highest BCUT2D eigenvalue weighted by Crippen LogP contribution is 2.15. The second-order valence-electron chi connectivity index (χ2n) is 4.97. The van der Waals surface area contributed by atoms with Gasteiger partial charge in [-0.2, -0.15) is 5.10 Å². The van der Waals surface area contributed by atoms with Crippen molar-refractivity contribution in [3.63, 3.8) is 0 Å². The van der Waals surface area contributed by atoms with Crippen LogP contribution in [0.25, 0.3) is 5.69 Å². The van der Waals surface area contributed by atoms with Gasteiger partial charge in [-0.25, -0.2) is 14.1 Å². The molecule has 1 aromatic heterocycles. The van der Waals surface area contributed by atoms with Crippen LogP contribution in [0.1, 0.15) is 22.0 Å². The van der Waals surface area contributed by atoms with E-state index >= 15 is 0 Å². The molecule has 2 rings (SSSR count). The maximum Gasteiger partial charge on any atom is 0.322 e. The molecule has 23 heavy (non-hydrogen) atoms. The number of aliphatic carboxylic acids is 1. The molecule has 0 bridgehead atoms. The molecule has 0 spiro atoms. The molecule has 0 fully saturated rings. The molecule has 0 aliphatic heterocycles. The summed E-state index contributed by atoms with van der Waals surface area (Å²) in [4.78, 5) is 26.8. The van der Waals surface area contributed by atoms with E-state index in [0.29, 0.717) is 17.3 Å². The Morgan fingerprint density at radius 3 is 2.65 bits per heavy atom. The van der Waals surface area contributed by atoms with Gasteiger partial charge in [-0.3, -0.25) is 9.59 Å². The zero-order valence-corrected chi connectivity index (χ0v) is 12.6. The summed E-state index contributed by atoms with van der Waals surface area (Å²) in [5, 5.41) is 15.2. The molecule has 1 amide bonds. The van der Waals surface area contributed by atoms with Crippen molar-refractivity contribution in [2.45, 2.75) is 19.9 Å². The Morgan fingerprint density at radius 1 is 1.39 bits per heavy atom. The number of carbonyl (C=O) groups is 2. The maximum absolute atomic E-state index is 13.8. The van der Waals surface area contributed by atoms with Crippen molar-refractivity contribution in [2.75, 3.05) is 6.54 Å². The van der Waals surface area contributed by atoms with Crippen LogP contribution in [0.3, 0.4) is 0 Å². The van der Waals surface area contributed by atoms with E-state index in [4.69, 9.17) is 10.8 Å². The lowest BCUT2D eigenvalue weighted by Gasteiger charge is -2.10. The Bertz CT molecular complexity index is 759. The van der Waals surface area contributed by atoms with Crippen molar-refractivity contribution >= 4 is 11.9 Å². The first kappa shape index (κ1) is 16.6. The van der Waals surface area contributed by atoms with Crippen LogP contribution in [0, 0.1) is 19.7 Å². The summed E-state index contributed by atoms with van der Waals surface area (Å²) >= 11 is 0. The van der Waals surface area contributed by atoms with Gasteiger partial charge < -0.3 is 16.2 Å². The highest BCUT2D eigenvalue weighted by molar-refractivity contribution is 5.95. The average molecular weight is 321 g/mol. The predicted octanol–water partition coefficient (Wildman–Crippen LogP) is 0.165. The number of rotatable bonds is 5. The zero-order chi connectivity index (χ0) is 17.1. The van der Waals surface area contributed by atoms with E-state index in [0.717, 1.165) is 6.07 Å². The summed E-state index contributed by atoms with van der Waals surface area (Å²) in [6.45, 7) is 3.14. The quantitative estimate of drug-likeness (QED) is 0.721. The Balaban J connectivity index is 2.25. The Labute approximate surface area is 131 Å². The van der Waals surface area contributed by atoms with E-state index in [2.05, 4.69) is 15.4 Å². The van der Waals surface area contributed by atoms with Crippen LogP contribution in [0.2, 0.25) is 0 Å². The van der Waals surface area contributed by atoms with Gasteiger partial charge in [0.15, 0.2) is 0 Å². The van der Waals surface area contributed by atoms with Gasteiger partial charge in [0.2, 0.25) is 0 Å². The second-order valence-corrected chi connectivity index (χ2v) is 4.97. The average Bonchev–Trinajstić information content (AvgIpc) is 2.82. The van der Waals surface area contributed by atoms with Crippen LogP contribution in [-0.4, -0.2) is 44.3 Å². The van der Waals surface area contributed by atoms with Crippen molar-refractivity contribution in [3.8, 4) is 5.69 Å². The van der Waals surface area contributed by atoms with Crippen LogP contribution >= 0.6 is 0 Å². The largest absolute Gasteiger partial charge is 0.480 e. The molecule has 8 nitrogen and oxygen atoms in total. The number of hydrogen-bond acceptors (Lipinski definition) is 5. The number of nitrogens with zero attached hydrogens (tertiary/aromatic N) is 3. The van der Waals surface area contributed by atoms with E-state index in [1.165, 1.54) is 16.8 Å². The smallest absolute Gasteiger partial charge is 0.322 e. The number of hydrogen-bond donors (Lipinski definition) is 3. The summed E-state index contributed by atoms with van der Waals surface area (Å²) in [5.74, 6) is -1.42. The zero-order valence-electron chi connectivity index (χ0n) is 12.6. The fourth-order valence-electron chi connectivity index (χ4n) is 1.99. The number of aromatic nitrogens is 3. The van der Waals surface area contributed by atoms with Gasteiger partial charge in [-0.05, 0) is 32.0 Å². The van der Waals surface area contributed by atoms with Gasteiger partial charge in [-0.1, -0.05) is 0 Å². The first-order valence-electron chi connectivity index (χ1n) is 6.75. The Hall–Kier alpha value is -2.81. The van der Waals surface area contributed by atoms with Gasteiger partial charge in [0.25, 0.3) is 5.91 Å². The van der Waals surface area contributed by atoms with Gasteiger partial charge >= 0.3 is 5.97 Å². The minimum atomic E-state index is -1.24. The summed E-state index contributed by atoms with van der Waals surface area (Å²) in [5.41, 5.74) is 5.68.